The molecule has 11 amide bonds. The lowest BCUT2D eigenvalue weighted by atomic mass is 10.0. The summed E-state index contributed by atoms with van der Waals surface area (Å²) in [6.45, 7) is 3.02. The maximum atomic E-state index is 13.9. The number of nitrogens with two attached hydrogens (primary N) is 4. The van der Waals surface area contributed by atoms with Crippen LogP contribution in [0.15, 0.2) is 30.3 Å². The molecule has 0 fully saturated rings. The Morgan fingerprint density at radius 2 is 1.00 bits per heavy atom. The Balaban J connectivity index is 3.26. The van der Waals surface area contributed by atoms with Gasteiger partial charge in [0.2, 0.25) is 65.0 Å². The lowest BCUT2D eigenvalue weighted by Gasteiger charge is -2.28. The molecule has 0 bridgehead atoms. The third kappa shape index (κ3) is 24.8. The van der Waals surface area contributed by atoms with Gasteiger partial charge in [-0.15, -0.1) is 0 Å². The Bertz CT molecular complexity index is 2150. The monoisotopic (exact) mass is 1080 g/mol. The number of aliphatic hydroxyl groups is 4. The van der Waals surface area contributed by atoms with Crippen LogP contribution in [-0.4, -0.2) is 189 Å². The number of unbranched alkanes of at least 4 members (excludes halogenated alkanes) is 1. The fourth-order valence-corrected chi connectivity index (χ4v) is 6.98. The zero-order chi connectivity index (χ0) is 57.8. The van der Waals surface area contributed by atoms with Crippen molar-refractivity contribution in [2.45, 2.75) is 146 Å². The van der Waals surface area contributed by atoms with E-state index in [9.17, 15) is 83.1 Å². The molecule has 0 heterocycles. The largest absolute Gasteiger partial charge is 0.480 e. The highest BCUT2D eigenvalue weighted by atomic mass is 16.4. The standard InChI is InChI=1S/C46H75N13O17/c1-22(2)16-26(48)38(67)54-29(17-25-10-6-5-7-11-25)39(68)51-19-35(66)58-36(23(3)62)44(73)52-27(12-8-9-15-47)41(70)59-37(24(4)63)45(74)53-28(13-14-33(49)64)40(69)56-32(21-61)43(72)57-31(20-60)42(71)55-30(46(75)76)18-34(50)65/h5-7,10-11,22-24,26-32,36-37,60-63H,8-9,12-21,47-48H2,1-4H3,(H2,49,64)(H2,50,65)(H,51,68)(H,52,73)(H,53,74)(H,54,67)(H,55,71)(H,56,69)(H,57,72)(H,58,66)(H,59,70)(H,75,76)/t23-,24-,26+,27+,28+,29+,30+,31+,32+,36+,37+/m1/s1. The van der Waals surface area contributed by atoms with E-state index >= 15 is 0 Å². The van der Waals surface area contributed by atoms with Crippen molar-refractivity contribution in [2.24, 2.45) is 28.9 Å². The van der Waals surface area contributed by atoms with Crippen LogP contribution in [0.3, 0.4) is 0 Å². The first-order chi connectivity index (χ1) is 35.6. The fourth-order valence-electron chi connectivity index (χ4n) is 6.98. The minimum Gasteiger partial charge on any atom is -0.480 e. The first-order valence-electron chi connectivity index (χ1n) is 24.2. The molecule has 0 aliphatic carbocycles. The summed E-state index contributed by atoms with van der Waals surface area (Å²) in [5.41, 5.74) is 22.6. The number of carbonyl (C=O) groups excluding carboxylic acids is 11. The number of aliphatic carboxylic acids is 1. The third-order valence-electron chi connectivity index (χ3n) is 11.1. The molecule has 22 N–H and O–H groups in total. The minimum absolute atomic E-state index is 0.0241. The van der Waals surface area contributed by atoms with Crippen molar-refractivity contribution in [3.8, 4) is 0 Å². The molecule has 76 heavy (non-hydrogen) atoms. The van der Waals surface area contributed by atoms with Crippen LogP contribution in [0.25, 0.3) is 0 Å². The topological polar surface area (TPSA) is 518 Å². The number of amides is 11. The smallest absolute Gasteiger partial charge is 0.326 e. The zero-order valence-electron chi connectivity index (χ0n) is 42.7. The van der Waals surface area contributed by atoms with Crippen LogP contribution in [0.5, 0.6) is 0 Å². The summed E-state index contributed by atoms with van der Waals surface area (Å²) in [5, 5.41) is 70.4. The van der Waals surface area contributed by atoms with E-state index in [1.807, 2.05) is 24.5 Å². The summed E-state index contributed by atoms with van der Waals surface area (Å²) in [6.07, 6.45) is -4.66. The number of carboxylic acids is 1. The SMILES string of the molecule is CC(C)C[C@H](N)C(=O)N[C@@H](Cc1ccccc1)C(=O)NCC(=O)N[C@H](C(=O)N[C@@H](CCCCN)C(=O)N[C@H](C(=O)N[C@@H](CCC(N)=O)C(=O)N[C@@H](CO)C(=O)N[C@@H](CO)C(=O)N[C@@H](CC(N)=O)C(=O)O)[C@@H](C)O)[C@@H](C)O. The van der Waals surface area contributed by atoms with Crippen molar-refractivity contribution >= 4 is 70.9 Å². The number of carboxylic acid groups (broad SMARTS) is 1. The molecule has 0 unspecified atom stereocenters. The van der Waals surface area contributed by atoms with Crippen LogP contribution in [-0.2, 0) is 64.0 Å². The summed E-state index contributed by atoms with van der Waals surface area (Å²) < 4.78 is 0. The molecule has 30 nitrogen and oxygen atoms in total. The van der Waals surface area contributed by atoms with Crippen LogP contribution in [0, 0.1) is 5.92 Å². The van der Waals surface area contributed by atoms with Crippen molar-refractivity contribution in [3.05, 3.63) is 35.9 Å². The van der Waals surface area contributed by atoms with Gasteiger partial charge in [0, 0.05) is 12.8 Å². The maximum Gasteiger partial charge on any atom is 0.326 e. The zero-order valence-corrected chi connectivity index (χ0v) is 42.7. The Labute approximate surface area is 437 Å². The first kappa shape index (κ1) is 66.6. The normalized spacial score (nSPS) is 15.4. The molecule has 1 aromatic rings. The van der Waals surface area contributed by atoms with Gasteiger partial charge in [0.25, 0.3) is 0 Å². The summed E-state index contributed by atoms with van der Waals surface area (Å²) in [5.74, 6) is -13.4. The van der Waals surface area contributed by atoms with Gasteiger partial charge in [-0.1, -0.05) is 44.2 Å². The average Bonchev–Trinajstić information content (AvgIpc) is 3.34. The van der Waals surface area contributed by atoms with Crippen LogP contribution in [0.4, 0.5) is 0 Å². The van der Waals surface area contributed by atoms with Crippen molar-refractivity contribution < 1.29 is 83.1 Å². The van der Waals surface area contributed by atoms with Crippen LogP contribution < -0.4 is 70.8 Å². The molecule has 0 aromatic heterocycles. The summed E-state index contributed by atoms with van der Waals surface area (Å²) in [4.78, 5) is 154. The van der Waals surface area contributed by atoms with E-state index in [1.165, 1.54) is 0 Å². The van der Waals surface area contributed by atoms with E-state index in [4.69, 9.17) is 22.9 Å². The first-order valence-corrected chi connectivity index (χ1v) is 24.2. The van der Waals surface area contributed by atoms with Gasteiger partial charge < -0.3 is 96.3 Å². The lowest BCUT2D eigenvalue weighted by Crippen LogP contribution is -2.62. The summed E-state index contributed by atoms with van der Waals surface area (Å²) in [6, 6.07) is -6.18. The number of hydrogen-bond acceptors (Lipinski definition) is 18. The summed E-state index contributed by atoms with van der Waals surface area (Å²) >= 11 is 0. The van der Waals surface area contributed by atoms with Gasteiger partial charge in [-0.05, 0) is 64.0 Å². The second-order valence-corrected chi connectivity index (χ2v) is 18.2. The fraction of sp³-hybridized carbons (Fsp3) is 0.609. The molecular weight excluding hydrogens is 1010 g/mol. The Morgan fingerprint density at radius 3 is 1.46 bits per heavy atom. The van der Waals surface area contributed by atoms with Crippen molar-refractivity contribution in [1.29, 1.82) is 0 Å². The van der Waals surface area contributed by atoms with Crippen molar-refractivity contribution in [3.63, 3.8) is 0 Å². The molecule has 1 aromatic carbocycles. The highest BCUT2D eigenvalue weighted by Gasteiger charge is 2.36. The van der Waals surface area contributed by atoms with Gasteiger partial charge in [-0.25, -0.2) is 4.79 Å². The third-order valence-corrected chi connectivity index (χ3v) is 11.1. The molecule has 0 aliphatic heterocycles. The van der Waals surface area contributed by atoms with Crippen LogP contribution in [0.2, 0.25) is 0 Å². The van der Waals surface area contributed by atoms with E-state index in [1.54, 1.807) is 30.3 Å². The van der Waals surface area contributed by atoms with Gasteiger partial charge in [0.15, 0.2) is 0 Å². The second-order valence-electron chi connectivity index (χ2n) is 18.2. The molecule has 0 saturated heterocycles. The number of nitrogens with one attached hydrogen (secondary N) is 9. The van der Waals surface area contributed by atoms with E-state index < -0.39 is 177 Å². The quantitative estimate of drug-likeness (QED) is 0.0278. The van der Waals surface area contributed by atoms with E-state index in [2.05, 4.69) is 37.2 Å². The van der Waals surface area contributed by atoms with Crippen LogP contribution >= 0.6 is 0 Å². The van der Waals surface area contributed by atoms with E-state index in [-0.39, 0.29) is 31.7 Å². The van der Waals surface area contributed by atoms with E-state index in [0.29, 0.717) is 18.4 Å². The predicted molar refractivity (Wildman–Crippen MR) is 266 cm³/mol. The molecule has 0 spiro atoms. The lowest BCUT2D eigenvalue weighted by molar-refractivity contribution is -0.144. The van der Waals surface area contributed by atoms with Gasteiger partial charge in [0.05, 0.1) is 44.4 Å². The van der Waals surface area contributed by atoms with Gasteiger partial charge in [0.1, 0.15) is 48.3 Å². The number of hydrogen-bond donors (Lipinski definition) is 18. The Kier molecular flexibility index (Phi) is 30.0. The molecule has 426 valence electrons. The predicted octanol–water partition coefficient (Wildman–Crippen LogP) is -8.30. The number of primary amides is 2. The van der Waals surface area contributed by atoms with Crippen molar-refractivity contribution in [1.82, 2.24) is 47.9 Å². The second kappa shape index (κ2) is 34.2. The van der Waals surface area contributed by atoms with Gasteiger partial charge in [-0.3, -0.25) is 52.7 Å². The summed E-state index contributed by atoms with van der Waals surface area (Å²) in [7, 11) is 0. The van der Waals surface area contributed by atoms with E-state index in [0.717, 1.165) is 13.8 Å². The minimum atomic E-state index is -1.95. The molecule has 30 heteroatoms. The maximum absolute atomic E-state index is 13.9. The molecule has 0 saturated carbocycles. The molecule has 1 rings (SSSR count). The van der Waals surface area contributed by atoms with Crippen molar-refractivity contribution in [2.75, 3.05) is 26.3 Å². The highest BCUT2D eigenvalue weighted by Crippen LogP contribution is 2.09. The number of carbonyl (C=O) groups is 12. The average molecular weight is 1080 g/mol. The van der Waals surface area contributed by atoms with Gasteiger partial charge >= 0.3 is 5.97 Å². The van der Waals surface area contributed by atoms with Gasteiger partial charge in [-0.2, -0.15) is 0 Å². The Morgan fingerprint density at radius 1 is 0.539 bits per heavy atom. The Hall–Kier alpha value is -7.38. The molecule has 0 aliphatic rings. The number of rotatable bonds is 36. The number of benzene rings is 1. The highest BCUT2D eigenvalue weighted by molar-refractivity contribution is 5.98. The number of aliphatic hydroxyl groups excluding tert-OH is 4. The van der Waals surface area contributed by atoms with Crippen LogP contribution in [0.1, 0.15) is 78.2 Å². The molecular formula is C46H75N13O17. The molecule has 0 radical (unpaired) electrons. The molecule has 11 atom stereocenters.